The van der Waals surface area contributed by atoms with Crippen molar-refractivity contribution in [3.05, 3.63) is 63.5 Å². The quantitative estimate of drug-likeness (QED) is 0.367. The van der Waals surface area contributed by atoms with Crippen LogP contribution in [0.5, 0.6) is 0 Å². The number of hydrogen-bond acceptors (Lipinski definition) is 4. The summed E-state index contributed by atoms with van der Waals surface area (Å²) in [5.41, 5.74) is 3.38. The topological polar surface area (TPSA) is 83.0 Å². The van der Waals surface area contributed by atoms with Crippen LogP contribution in [0.1, 0.15) is 57.1 Å². The number of aromatic amines is 1. The molecule has 134 valence electrons. The first-order valence-corrected chi connectivity index (χ1v) is 8.54. The molecule has 2 aromatic rings. The highest BCUT2D eigenvalue weighted by Crippen LogP contribution is 2.23. The molecule has 0 atom stereocenters. The van der Waals surface area contributed by atoms with Crippen molar-refractivity contribution in [1.29, 1.82) is 5.26 Å². The third-order valence-electron chi connectivity index (χ3n) is 4.15. The minimum atomic E-state index is -0.567. The van der Waals surface area contributed by atoms with Gasteiger partial charge in [0.2, 0.25) is 5.78 Å². The molecule has 0 radical (unpaired) electrons. The van der Waals surface area contributed by atoms with E-state index in [2.05, 4.69) is 11.9 Å². The molecule has 1 aromatic carbocycles. The second-order valence-electron chi connectivity index (χ2n) is 5.94. The average molecular weight is 350 g/mol. The van der Waals surface area contributed by atoms with Crippen molar-refractivity contribution in [2.75, 3.05) is 6.61 Å². The Labute approximate surface area is 153 Å². The number of nitrogens with one attached hydrogen (secondary N) is 1. The molecular formula is C21H22N2O3. The molecule has 0 fully saturated rings. The van der Waals surface area contributed by atoms with Gasteiger partial charge < -0.3 is 9.72 Å². The Bertz CT molecular complexity index is 897. The summed E-state index contributed by atoms with van der Waals surface area (Å²) in [6.45, 7) is 7.38. The molecule has 0 aliphatic carbocycles. The van der Waals surface area contributed by atoms with Crippen molar-refractivity contribution in [3.63, 3.8) is 0 Å². The molecule has 2 rings (SSSR count). The second kappa shape index (κ2) is 8.30. The van der Waals surface area contributed by atoms with E-state index in [1.165, 1.54) is 5.56 Å². The van der Waals surface area contributed by atoms with Crippen LogP contribution >= 0.6 is 0 Å². The number of carbonyl (C=O) groups excluding carboxylic acids is 2. The van der Waals surface area contributed by atoms with Gasteiger partial charge in [-0.25, -0.2) is 4.79 Å². The number of H-pyrrole nitrogens is 1. The molecule has 0 aliphatic heterocycles. The number of allylic oxidation sites excluding steroid dienone is 1. The lowest BCUT2D eigenvalue weighted by molar-refractivity contribution is 0.0523. The van der Waals surface area contributed by atoms with Gasteiger partial charge in [0.1, 0.15) is 11.6 Å². The van der Waals surface area contributed by atoms with Crippen LogP contribution in [-0.2, 0) is 11.2 Å². The largest absolute Gasteiger partial charge is 0.462 e. The molecule has 0 spiro atoms. The first kappa shape index (κ1) is 19.2. The summed E-state index contributed by atoms with van der Waals surface area (Å²) in [4.78, 5) is 28.2. The standard InChI is InChI=1S/C21H22N2O3/c1-5-15-7-9-16(10-8-15)11-17(12-22)20(24)18-13(3)23-14(4)19(18)21(25)26-6-2/h7-11,23H,5-6H2,1-4H3/b17-11+. The maximum atomic E-state index is 12.9. The maximum absolute atomic E-state index is 12.9. The summed E-state index contributed by atoms with van der Waals surface area (Å²) in [6, 6.07) is 9.61. The maximum Gasteiger partial charge on any atom is 0.340 e. The minimum Gasteiger partial charge on any atom is -0.462 e. The zero-order valence-corrected chi connectivity index (χ0v) is 15.5. The van der Waals surface area contributed by atoms with Gasteiger partial charge in [0.05, 0.1) is 17.7 Å². The Kier molecular flexibility index (Phi) is 6.13. The van der Waals surface area contributed by atoms with Crippen LogP contribution in [-0.4, -0.2) is 23.3 Å². The van der Waals surface area contributed by atoms with Gasteiger partial charge in [0.25, 0.3) is 0 Å². The van der Waals surface area contributed by atoms with Gasteiger partial charge >= 0.3 is 5.97 Å². The molecule has 1 aromatic heterocycles. The molecule has 0 saturated heterocycles. The Morgan fingerprint density at radius 1 is 1.12 bits per heavy atom. The zero-order valence-electron chi connectivity index (χ0n) is 15.5. The van der Waals surface area contributed by atoms with E-state index in [9.17, 15) is 14.9 Å². The molecular weight excluding hydrogens is 328 g/mol. The van der Waals surface area contributed by atoms with Crippen LogP contribution in [0.15, 0.2) is 29.8 Å². The van der Waals surface area contributed by atoms with E-state index >= 15 is 0 Å². The van der Waals surface area contributed by atoms with Crippen LogP contribution in [0.4, 0.5) is 0 Å². The number of aromatic nitrogens is 1. The first-order valence-electron chi connectivity index (χ1n) is 8.54. The van der Waals surface area contributed by atoms with E-state index in [4.69, 9.17) is 4.74 Å². The number of ketones is 1. The second-order valence-corrected chi connectivity index (χ2v) is 5.94. The van der Waals surface area contributed by atoms with E-state index < -0.39 is 11.8 Å². The van der Waals surface area contributed by atoms with Crippen LogP contribution < -0.4 is 0 Å². The minimum absolute atomic E-state index is 0.0260. The van der Waals surface area contributed by atoms with Crippen LogP contribution in [0, 0.1) is 25.2 Å². The number of nitriles is 1. The summed E-state index contributed by atoms with van der Waals surface area (Å²) < 4.78 is 5.06. The normalized spacial score (nSPS) is 11.1. The monoisotopic (exact) mass is 350 g/mol. The number of ether oxygens (including phenoxy) is 1. The van der Waals surface area contributed by atoms with Crippen molar-refractivity contribution in [3.8, 4) is 6.07 Å². The van der Waals surface area contributed by atoms with Gasteiger partial charge in [0, 0.05) is 11.4 Å². The molecule has 1 heterocycles. The number of hydrogen-bond donors (Lipinski definition) is 1. The number of nitrogens with zero attached hydrogens (tertiary/aromatic N) is 1. The summed E-state index contributed by atoms with van der Waals surface area (Å²) in [5.74, 6) is -1.06. The fourth-order valence-corrected chi connectivity index (χ4v) is 2.82. The molecule has 0 unspecified atom stereocenters. The van der Waals surface area contributed by atoms with Gasteiger partial charge in [-0.1, -0.05) is 31.2 Å². The predicted octanol–water partition coefficient (Wildman–Crippen LogP) is 4.16. The molecule has 0 aliphatic rings. The predicted molar refractivity (Wildman–Crippen MR) is 100.0 cm³/mol. The summed E-state index contributed by atoms with van der Waals surface area (Å²) in [6.07, 6.45) is 2.46. The van der Waals surface area contributed by atoms with Gasteiger partial charge in [-0.15, -0.1) is 0 Å². The van der Waals surface area contributed by atoms with Crippen LogP contribution in [0.3, 0.4) is 0 Å². The third kappa shape index (κ3) is 3.92. The van der Waals surface area contributed by atoms with E-state index in [1.807, 2.05) is 30.3 Å². The Morgan fingerprint density at radius 3 is 2.27 bits per heavy atom. The van der Waals surface area contributed by atoms with Gasteiger partial charge in [0.15, 0.2) is 0 Å². The molecule has 5 nitrogen and oxygen atoms in total. The Morgan fingerprint density at radius 2 is 1.73 bits per heavy atom. The Hall–Kier alpha value is -3.13. The lowest BCUT2D eigenvalue weighted by Crippen LogP contribution is -2.13. The number of benzene rings is 1. The van der Waals surface area contributed by atoms with E-state index in [-0.39, 0.29) is 23.3 Å². The molecule has 5 heteroatoms. The highest BCUT2D eigenvalue weighted by atomic mass is 16.5. The van der Waals surface area contributed by atoms with Gasteiger partial charge in [-0.05, 0) is 44.4 Å². The lowest BCUT2D eigenvalue weighted by Gasteiger charge is -2.05. The SMILES string of the molecule is CCOC(=O)c1c(C)[nH]c(C)c1C(=O)/C(C#N)=C/c1ccc(CC)cc1. The summed E-state index contributed by atoms with van der Waals surface area (Å²) >= 11 is 0. The van der Waals surface area contributed by atoms with Crippen molar-refractivity contribution in [1.82, 2.24) is 4.98 Å². The average Bonchev–Trinajstić information content (AvgIpc) is 2.93. The van der Waals surface area contributed by atoms with Gasteiger partial charge in [-0.3, -0.25) is 4.79 Å². The highest BCUT2D eigenvalue weighted by molar-refractivity contribution is 6.19. The molecule has 26 heavy (non-hydrogen) atoms. The molecule has 0 bridgehead atoms. The van der Waals surface area contributed by atoms with Gasteiger partial charge in [-0.2, -0.15) is 5.26 Å². The van der Waals surface area contributed by atoms with Crippen LogP contribution in [0.2, 0.25) is 0 Å². The third-order valence-corrected chi connectivity index (χ3v) is 4.15. The molecule has 1 N–H and O–H groups in total. The number of carbonyl (C=O) groups is 2. The van der Waals surface area contributed by atoms with Crippen LogP contribution in [0.25, 0.3) is 6.08 Å². The molecule has 0 amide bonds. The highest BCUT2D eigenvalue weighted by Gasteiger charge is 2.27. The summed E-state index contributed by atoms with van der Waals surface area (Å²) in [7, 11) is 0. The van der Waals surface area contributed by atoms with E-state index in [1.54, 1.807) is 26.8 Å². The number of rotatable bonds is 6. The van der Waals surface area contributed by atoms with Crippen molar-refractivity contribution >= 4 is 17.8 Å². The van der Waals surface area contributed by atoms with Crippen molar-refractivity contribution in [2.24, 2.45) is 0 Å². The fraction of sp³-hybridized carbons (Fsp3) is 0.286. The number of aryl methyl sites for hydroxylation is 3. The van der Waals surface area contributed by atoms with Crippen molar-refractivity contribution in [2.45, 2.75) is 34.1 Å². The fourth-order valence-electron chi connectivity index (χ4n) is 2.82. The molecule has 0 saturated carbocycles. The number of Topliss-reactive ketones (excluding diaryl/α,β-unsaturated/α-hetero) is 1. The summed E-state index contributed by atoms with van der Waals surface area (Å²) in [5, 5.41) is 9.48. The Balaban J connectivity index is 2.47. The van der Waals surface area contributed by atoms with Crippen molar-refractivity contribution < 1.29 is 14.3 Å². The zero-order chi connectivity index (χ0) is 19.3. The lowest BCUT2D eigenvalue weighted by atomic mass is 9.97. The smallest absolute Gasteiger partial charge is 0.340 e. The van der Waals surface area contributed by atoms with E-state index in [0.717, 1.165) is 12.0 Å². The number of esters is 1. The van der Waals surface area contributed by atoms with E-state index in [0.29, 0.717) is 11.4 Å². The first-order chi connectivity index (χ1) is 12.4.